The Hall–Kier alpha value is -5.25. The Labute approximate surface area is 243 Å². The number of rotatable bonds is 9. The van der Waals surface area contributed by atoms with Crippen LogP contribution in [-0.4, -0.2) is 32.2 Å². The Morgan fingerprint density at radius 2 is 1.79 bits per heavy atom. The van der Waals surface area contributed by atoms with Gasteiger partial charge in [-0.2, -0.15) is 0 Å². The molecule has 0 aliphatic carbocycles. The third kappa shape index (κ3) is 6.22. The van der Waals surface area contributed by atoms with Crippen LogP contribution in [0.15, 0.2) is 84.2 Å². The third-order valence-corrected chi connectivity index (χ3v) is 7.19. The van der Waals surface area contributed by atoms with Crippen molar-refractivity contribution in [1.29, 1.82) is 0 Å². The summed E-state index contributed by atoms with van der Waals surface area (Å²) in [7, 11) is 0. The molecule has 0 radical (unpaired) electrons. The summed E-state index contributed by atoms with van der Waals surface area (Å²) in [5, 5.41) is 5.38. The van der Waals surface area contributed by atoms with Crippen molar-refractivity contribution >= 4 is 34.3 Å². The molecule has 214 valence electrons. The molecular weight excluding hydrogens is 530 g/mol. The van der Waals surface area contributed by atoms with Gasteiger partial charge in [0.15, 0.2) is 0 Å². The van der Waals surface area contributed by atoms with E-state index in [2.05, 4.69) is 33.3 Å². The van der Waals surface area contributed by atoms with Crippen LogP contribution in [0, 0.1) is 13.8 Å². The van der Waals surface area contributed by atoms with Crippen LogP contribution in [0.1, 0.15) is 34.7 Å². The molecule has 0 saturated carbocycles. The van der Waals surface area contributed by atoms with Crippen LogP contribution in [0.25, 0.3) is 10.8 Å². The number of nitrogens with one attached hydrogen (secondary N) is 1. The van der Waals surface area contributed by atoms with Gasteiger partial charge in [-0.3, -0.25) is 9.69 Å². The zero-order valence-corrected chi connectivity index (χ0v) is 23.9. The molecule has 0 bridgehead atoms. The third-order valence-electron chi connectivity index (χ3n) is 7.19. The van der Waals surface area contributed by atoms with Crippen LogP contribution >= 0.6 is 0 Å². The first kappa shape index (κ1) is 28.3. The fourth-order valence-corrected chi connectivity index (χ4v) is 4.93. The lowest BCUT2D eigenvalue weighted by Gasteiger charge is -2.22. The maximum atomic E-state index is 13.0. The Balaban J connectivity index is 1.34. The number of pyridine rings is 2. The van der Waals surface area contributed by atoms with Crippen molar-refractivity contribution in [1.82, 2.24) is 19.5 Å². The molecule has 10 heteroatoms. The molecule has 1 amide bonds. The topological polar surface area (TPSA) is 128 Å². The standard InChI is InChI=1S/C32H33N7O3/c1-4-42-32(41)39(19-24-10-8-23(9-11-24)18-38-14-6-5-7-30(38)40)29-16-28(36-20-37-29)35-17-27-21(2)15-26-25(22(27)3)12-13-34-31(26)33/h5-16,20H,4,17-19H2,1-3H3,(H2,33,34)(H,35,36,37). The maximum absolute atomic E-state index is 13.0. The molecule has 0 aliphatic heterocycles. The van der Waals surface area contributed by atoms with Gasteiger partial charge in [-0.05, 0) is 72.2 Å². The molecule has 3 N–H and O–H groups in total. The van der Waals surface area contributed by atoms with E-state index >= 15 is 0 Å². The lowest BCUT2D eigenvalue weighted by atomic mass is 9.96. The molecule has 0 fully saturated rings. The van der Waals surface area contributed by atoms with Crippen molar-refractivity contribution in [2.75, 3.05) is 22.6 Å². The zero-order valence-electron chi connectivity index (χ0n) is 23.9. The Morgan fingerprint density at radius 3 is 2.55 bits per heavy atom. The Bertz CT molecular complexity index is 1780. The van der Waals surface area contributed by atoms with Crippen molar-refractivity contribution in [3.63, 3.8) is 0 Å². The second kappa shape index (κ2) is 12.5. The van der Waals surface area contributed by atoms with Gasteiger partial charge in [0.1, 0.15) is 23.8 Å². The van der Waals surface area contributed by atoms with Crippen LogP contribution in [0.4, 0.5) is 22.2 Å². The van der Waals surface area contributed by atoms with E-state index in [0.717, 1.165) is 38.6 Å². The van der Waals surface area contributed by atoms with E-state index in [4.69, 9.17) is 10.5 Å². The predicted octanol–water partition coefficient (Wildman–Crippen LogP) is 5.21. The van der Waals surface area contributed by atoms with Crippen LogP contribution in [0.3, 0.4) is 0 Å². The van der Waals surface area contributed by atoms with E-state index in [1.54, 1.807) is 36.0 Å². The van der Waals surface area contributed by atoms with Crippen LogP contribution < -0.4 is 21.5 Å². The largest absolute Gasteiger partial charge is 0.449 e. The number of nitrogens with two attached hydrogens (primary N) is 1. The maximum Gasteiger partial charge on any atom is 0.415 e. The van der Waals surface area contributed by atoms with Gasteiger partial charge in [0.2, 0.25) is 0 Å². The lowest BCUT2D eigenvalue weighted by Crippen LogP contribution is -2.32. The second-order valence-electron chi connectivity index (χ2n) is 9.97. The van der Waals surface area contributed by atoms with E-state index in [-0.39, 0.29) is 18.7 Å². The number of aromatic nitrogens is 4. The smallest absolute Gasteiger partial charge is 0.415 e. The normalized spacial score (nSPS) is 10.9. The minimum Gasteiger partial charge on any atom is -0.449 e. The fraction of sp³-hybridized carbons (Fsp3) is 0.219. The average molecular weight is 564 g/mol. The van der Waals surface area contributed by atoms with E-state index in [0.29, 0.717) is 30.5 Å². The van der Waals surface area contributed by atoms with Gasteiger partial charge in [-0.1, -0.05) is 30.3 Å². The van der Waals surface area contributed by atoms with Gasteiger partial charge in [-0.15, -0.1) is 0 Å². The number of nitrogen functional groups attached to an aromatic ring is 1. The van der Waals surface area contributed by atoms with Crippen molar-refractivity contribution in [2.45, 2.75) is 40.4 Å². The number of benzene rings is 2. The number of hydrogen-bond donors (Lipinski definition) is 2. The first-order chi connectivity index (χ1) is 20.3. The minimum absolute atomic E-state index is 0.0591. The van der Waals surface area contributed by atoms with Crippen molar-refractivity contribution < 1.29 is 9.53 Å². The van der Waals surface area contributed by atoms with Crippen molar-refractivity contribution in [3.8, 4) is 0 Å². The number of hydrogen-bond acceptors (Lipinski definition) is 8. The van der Waals surface area contributed by atoms with Crippen LogP contribution in [-0.2, 0) is 24.4 Å². The quantitative estimate of drug-likeness (QED) is 0.250. The molecular formula is C32H33N7O3. The summed E-state index contributed by atoms with van der Waals surface area (Å²) < 4.78 is 6.99. The molecule has 42 heavy (non-hydrogen) atoms. The summed E-state index contributed by atoms with van der Waals surface area (Å²) in [5.41, 5.74) is 11.2. The minimum atomic E-state index is -0.505. The molecule has 3 heterocycles. The summed E-state index contributed by atoms with van der Waals surface area (Å²) >= 11 is 0. The van der Waals surface area contributed by atoms with E-state index in [9.17, 15) is 9.59 Å². The van der Waals surface area contributed by atoms with Crippen LogP contribution in [0.5, 0.6) is 0 Å². The van der Waals surface area contributed by atoms with Gasteiger partial charge < -0.3 is 20.4 Å². The number of fused-ring (bicyclic) bond motifs is 1. The van der Waals surface area contributed by atoms with Gasteiger partial charge in [0, 0.05) is 36.5 Å². The molecule has 5 rings (SSSR count). The fourth-order valence-electron chi connectivity index (χ4n) is 4.93. The zero-order chi connectivity index (χ0) is 29.6. The Morgan fingerprint density at radius 1 is 1.00 bits per heavy atom. The number of aryl methyl sites for hydroxylation is 2. The van der Waals surface area contributed by atoms with E-state index in [1.165, 1.54) is 17.3 Å². The highest BCUT2D eigenvalue weighted by atomic mass is 16.6. The summed E-state index contributed by atoms with van der Waals surface area (Å²) in [6.07, 6.45) is 4.40. The predicted molar refractivity (Wildman–Crippen MR) is 164 cm³/mol. The van der Waals surface area contributed by atoms with E-state index < -0.39 is 6.09 Å². The van der Waals surface area contributed by atoms with Gasteiger partial charge in [0.05, 0.1) is 19.7 Å². The Kier molecular flexibility index (Phi) is 8.42. The highest BCUT2D eigenvalue weighted by Gasteiger charge is 2.20. The summed E-state index contributed by atoms with van der Waals surface area (Å²) in [5.74, 6) is 1.50. The molecule has 0 atom stereocenters. The number of carbonyl (C=O) groups excluding carboxylic acids is 1. The number of anilines is 3. The molecule has 0 unspecified atom stereocenters. The number of nitrogens with zero attached hydrogens (tertiary/aromatic N) is 5. The van der Waals surface area contributed by atoms with Gasteiger partial charge in [0.25, 0.3) is 5.56 Å². The van der Waals surface area contributed by atoms with E-state index in [1.807, 2.05) is 43.3 Å². The highest BCUT2D eigenvalue weighted by molar-refractivity contribution is 5.94. The highest BCUT2D eigenvalue weighted by Crippen LogP contribution is 2.28. The van der Waals surface area contributed by atoms with Crippen molar-refractivity contribution in [3.05, 3.63) is 118 Å². The second-order valence-corrected chi connectivity index (χ2v) is 9.97. The number of amides is 1. The summed E-state index contributed by atoms with van der Waals surface area (Å²) in [4.78, 5) is 39.5. The lowest BCUT2D eigenvalue weighted by molar-refractivity contribution is 0.159. The first-order valence-corrected chi connectivity index (χ1v) is 13.7. The average Bonchev–Trinajstić information content (AvgIpc) is 2.98. The molecule has 3 aromatic heterocycles. The summed E-state index contributed by atoms with van der Waals surface area (Å²) in [6.45, 7) is 7.36. The molecule has 0 saturated heterocycles. The molecule has 5 aromatic rings. The molecule has 10 nitrogen and oxygen atoms in total. The SMILES string of the molecule is CCOC(=O)N(Cc1ccc(Cn2ccccc2=O)cc1)c1cc(NCc2c(C)cc3c(N)nccc3c2C)ncn1. The van der Waals surface area contributed by atoms with Gasteiger partial charge in [-0.25, -0.2) is 19.7 Å². The van der Waals surface area contributed by atoms with Crippen molar-refractivity contribution in [2.24, 2.45) is 0 Å². The number of carbonyl (C=O) groups is 1. The molecule has 2 aromatic carbocycles. The van der Waals surface area contributed by atoms with Crippen LogP contribution in [0.2, 0.25) is 0 Å². The monoisotopic (exact) mass is 563 g/mol. The number of ether oxygens (including phenoxy) is 1. The molecule has 0 aliphatic rings. The van der Waals surface area contributed by atoms with Gasteiger partial charge >= 0.3 is 6.09 Å². The molecule has 0 spiro atoms. The summed E-state index contributed by atoms with van der Waals surface area (Å²) in [6, 6.07) is 18.6. The first-order valence-electron chi connectivity index (χ1n) is 13.7.